The molecule has 0 aliphatic rings. The lowest BCUT2D eigenvalue weighted by atomic mass is 9.90. The van der Waals surface area contributed by atoms with E-state index in [4.69, 9.17) is 5.11 Å². The zero-order valence-electron chi connectivity index (χ0n) is 9.17. The molecule has 82 valence electrons. The van der Waals surface area contributed by atoms with Crippen molar-refractivity contribution in [1.82, 2.24) is 0 Å². The average molecular weight is 271 g/mol. The molecular weight excluding hydrogens is 256 g/mol. The summed E-state index contributed by atoms with van der Waals surface area (Å²) in [6, 6.07) is 3.97. The number of carboxylic acids is 1. The summed E-state index contributed by atoms with van der Waals surface area (Å²) in [7, 11) is 0. The van der Waals surface area contributed by atoms with E-state index in [0.29, 0.717) is 0 Å². The molecule has 1 unspecified atom stereocenters. The molecule has 1 rings (SSSR count). The molecular formula is C12H15BrO2. The molecule has 0 saturated carbocycles. The third-order valence-electron chi connectivity index (χ3n) is 2.62. The fourth-order valence-electron chi connectivity index (χ4n) is 1.86. The highest BCUT2D eigenvalue weighted by Crippen LogP contribution is 2.28. The summed E-state index contributed by atoms with van der Waals surface area (Å²) < 4.78 is 1.01. The van der Waals surface area contributed by atoms with Crippen LogP contribution in [0.1, 0.15) is 36.5 Å². The van der Waals surface area contributed by atoms with Gasteiger partial charge in [-0.25, -0.2) is 0 Å². The van der Waals surface area contributed by atoms with Gasteiger partial charge in [-0.2, -0.15) is 0 Å². The summed E-state index contributed by atoms with van der Waals surface area (Å²) in [4.78, 5) is 11.0. The Morgan fingerprint density at radius 1 is 1.53 bits per heavy atom. The smallest absolute Gasteiger partial charge is 0.310 e. The maximum Gasteiger partial charge on any atom is 0.310 e. The van der Waals surface area contributed by atoms with Crippen molar-refractivity contribution in [2.45, 2.75) is 33.1 Å². The Morgan fingerprint density at radius 2 is 2.13 bits per heavy atom. The van der Waals surface area contributed by atoms with Crippen LogP contribution in [0.2, 0.25) is 0 Å². The molecule has 1 aromatic rings. The van der Waals surface area contributed by atoms with Crippen molar-refractivity contribution in [3.63, 3.8) is 0 Å². The number of halogens is 1. The quantitative estimate of drug-likeness (QED) is 0.913. The van der Waals surface area contributed by atoms with Crippen molar-refractivity contribution in [2.75, 3.05) is 0 Å². The molecule has 0 aliphatic heterocycles. The van der Waals surface area contributed by atoms with Gasteiger partial charge in [-0.15, -0.1) is 0 Å². The number of aryl methyl sites for hydroxylation is 2. The van der Waals surface area contributed by atoms with Crippen LogP contribution in [0.15, 0.2) is 16.6 Å². The first kappa shape index (κ1) is 12.2. The molecule has 0 amide bonds. The lowest BCUT2D eigenvalue weighted by molar-refractivity contribution is -0.138. The van der Waals surface area contributed by atoms with Crippen LogP contribution in [0.25, 0.3) is 0 Å². The summed E-state index contributed by atoms with van der Waals surface area (Å²) in [6.45, 7) is 5.73. The molecule has 2 nitrogen and oxygen atoms in total. The molecule has 1 aromatic carbocycles. The van der Waals surface area contributed by atoms with Crippen molar-refractivity contribution >= 4 is 21.9 Å². The summed E-state index contributed by atoms with van der Waals surface area (Å²) in [5, 5.41) is 9.04. The van der Waals surface area contributed by atoms with E-state index in [2.05, 4.69) is 15.9 Å². The van der Waals surface area contributed by atoms with Crippen LogP contribution in [-0.2, 0) is 11.2 Å². The minimum atomic E-state index is -0.768. The van der Waals surface area contributed by atoms with Gasteiger partial charge in [0, 0.05) is 4.47 Å². The Hall–Kier alpha value is -0.830. The van der Waals surface area contributed by atoms with E-state index >= 15 is 0 Å². The molecule has 15 heavy (non-hydrogen) atoms. The van der Waals surface area contributed by atoms with Gasteiger partial charge in [-0.1, -0.05) is 22.9 Å². The van der Waals surface area contributed by atoms with Gasteiger partial charge >= 0.3 is 5.97 Å². The monoisotopic (exact) mass is 270 g/mol. The second-order valence-electron chi connectivity index (χ2n) is 3.71. The van der Waals surface area contributed by atoms with Gasteiger partial charge in [-0.05, 0) is 49.1 Å². The predicted octanol–water partition coefficient (Wildman–Crippen LogP) is 3.51. The molecule has 1 N–H and O–H groups in total. The number of hydrogen-bond acceptors (Lipinski definition) is 1. The van der Waals surface area contributed by atoms with Gasteiger partial charge in [0.05, 0.1) is 5.92 Å². The van der Waals surface area contributed by atoms with Crippen LogP contribution < -0.4 is 0 Å². The van der Waals surface area contributed by atoms with Crippen molar-refractivity contribution in [1.29, 1.82) is 0 Å². The third kappa shape index (κ3) is 2.59. The van der Waals surface area contributed by atoms with Crippen LogP contribution in [0.4, 0.5) is 0 Å². The number of carboxylic acid groups (broad SMARTS) is 1. The van der Waals surface area contributed by atoms with E-state index in [0.717, 1.165) is 27.6 Å². The van der Waals surface area contributed by atoms with E-state index in [9.17, 15) is 4.79 Å². The fourth-order valence-corrected chi connectivity index (χ4v) is 2.48. The number of aliphatic carboxylic acids is 1. The van der Waals surface area contributed by atoms with Crippen molar-refractivity contribution in [2.24, 2.45) is 0 Å². The van der Waals surface area contributed by atoms with Gasteiger partial charge in [0.25, 0.3) is 0 Å². The van der Waals surface area contributed by atoms with E-state index in [1.54, 1.807) is 6.92 Å². The molecule has 0 saturated heterocycles. The number of benzene rings is 1. The summed E-state index contributed by atoms with van der Waals surface area (Å²) in [6.07, 6.45) is 0.854. The van der Waals surface area contributed by atoms with Gasteiger partial charge in [0.15, 0.2) is 0 Å². The Balaban J connectivity index is 3.32. The molecule has 0 aromatic heterocycles. The van der Waals surface area contributed by atoms with E-state index in [1.165, 1.54) is 0 Å². The van der Waals surface area contributed by atoms with Gasteiger partial charge in [0.1, 0.15) is 0 Å². The first-order valence-electron chi connectivity index (χ1n) is 4.99. The maximum atomic E-state index is 11.0. The Bertz CT molecular complexity index is 385. The molecule has 0 spiro atoms. The molecule has 0 radical (unpaired) electrons. The van der Waals surface area contributed by atoms with E-state index in [1.807, 2.05) is 26.0 Å². The predicted molar refractivity (Wildman–Crippen MR) is 64.3 cm³/mol. The van der Waals surface area contributed by atoms with Gasteiger partial charge in [0.2, 0.25) is 0 Å². The van der Waals surface area contributed by atoms with E-state index in [-0.39, 0.29) is 0 Å². The lowest BCUT2D eigenvalue weighted by Gasteiger charge is -2.15. The fraction of sp³-hybridized carbons (Fsp3) is 0.417. The third-order valence-corrected chi connectivity index (χ3v) is 3.08. The largest absolute Gasteiger partial charge is 0.481 e. The van der Waals surface area contributed by atoms with Crippen LogP contribution >= 0.6 is 15.9 Å². The van der Waals surface area contributed by atoms with E-state index < -0.39 is 11.9 Å². The van der Waals surface area contributed by atoms with Crippen LogP contribution in [-0.4, -0.2) is 11.1 Å². The first-order valence-corrected chi connectivity index (χ1v) is 5.78. The Morgan fingerprint density at radius 3 is 2.60 bits per heavy atom. The van der Waals surface area contributed by atoms with Crippen molar-refractivity contribution in [3.05, 3.63) is 33.3 Å². The summed E-state index contributed by atoms with van der Waals surface area (Å²) in [5.41, 5.74) is 3.10. The first-order chi connectivity index (χ1) is 6.97. The topological polar surface area (TPSA) is 37.3 Å². The van der Waals surface area contributed by atoms with Crippen molar-refractivity contribution in [3.8, 4) is 0 Å². The highest BCUT2D eigenvalue weighted by Gasteiger charge is 2.19. The molecule has 0 bridgehead atoms. The highest BCUT2D eigenvalue weighted by molar-refractivity contribution is 9.10. The molecule has 1 atom stereocenters. The average Bonchev–Trinajstić information content (AvgIpc) is 2.15. The van der Waals surface area contributed by atoms with Crippen LogP contribution in [0.5, 0.6) is 0 Å². The van der Waals surface area contributed by atoms with Gasteiger partial charge in [-0.3, -0.25) is 4.79 Å². The Kier molecular flexibility index (Phi) is 3.91. The lowest BCUT2D eigenvalue weighted by Crippen LogP contribution is -2.11. The van der Waals surface area contributed by atoms with Crippen molar-refractivity contribution < 1.29 is 9.90 Å². The Labute approximate surface area is 98.4 Å². The highest BCUT2D eigenvalue weighted by atomic mass is 79.9. The van der Waals surface area contributed by atoms with Gasteiger partial charge < -0.3 is 5.11 Å². The minimum absolute atomic E-state index is 0.437. The number of rotatable bonds is 3. The minimum Gasteiger partial charge on any atom is -0.481 e. The SMILES string of the molecule is CCc1cc(Br)cc(C)c1C(C)C(=O)O. The summed E-state index contributed by atoms with van der Waals surface area (Å²) >= 11 is 3.43. The number of carbonyl (C=O) groups is 1. The number of hydrogen-bond donors (Lipinski definition) is 1. The second-order valence-corrected chi connectivity index (χ2v) is 4.62. The normalized spacial score (nSPS) is 12.5. The van der Waals surface area contributed by atoms with Crippen LogP contribution in [0, 0.1) is 6.92 Å². The maximum absolute atomic E-state index is 11.0. The zero-order valence-corrected chi connectivity index (χ0v) is 10.8. The zero-order chi connectivity index (χ0) is 11.6. The second kappa shape index (κ2) is 4.79. The molecule has 0 aliphatic carbocycles. The summed E-state index contributed by atoms with van der Waals surface area (Å²) in [5.74, 6) is -1.21. The standard InChI is InChI=1S/C12H15BrO2/c1-4-9-6-10(13)5-7(2)11(9)8(3)12(14)15/h5-6,8H,4H2,1-3H3,(H,14,15). The molecule has 3 heteroatoms. The molecule has 0 heterocycles. The van der Waals surface area contributed by atoms with Crippen LogP contribution in [0.3, 0.4) is 0 Å². The molecule has 0 fully saturated rings.